The van der Waals surface area contributed by atoms with Crippen LogP contribution in [0.2, 0.25) is 5.15 Å². The van der Waals surface area contributed by atoms with E-state index in [9.17, 15) is 9.59 Å². The summed E-state index contributed by atoms with van der Waals surface area (Å²) >= 11 is 5.66. The first-order chi connectivity index (χ1) is 10.6. The Morgan fingerprint density at radius 2 is 2.18 bits per heavy atom. The van der Waals surface area contributed by atoms with Crippen molar-refractivity contribution in [2.45, 2.75) is 19.4 Å². The second kappa shape index (κ2) is 8.19. The molecule has 0 aromatic carbocycles. The fourth-order valence-electron chi connectivity index (χ4n) is 1.66. The summed E-state index contributed by atoms with van der Waals surface area (Å²) in [6.07, 6.45) is 3.70. The Bertz CT molecular complexity index is 611. The minimum absolute atomic E-state index is 0.155. The van der Waals surface area contributed by atoms with Crippen molar-refractivity contribution in [1.29, 1.82) is 0 Å². The number of carbonyl (C=O) groups excluding carboxylic acids is 2. The maximum Gasteiger partial charge on any atom is 0.306 e. The van der Waals surface area contributed by atoms with Crippen molar-refractivity contribution in [3.8, 4) is 0 Å². The summed E-state index contributed by atoms with van der Waals surface area (Å²) in [6, 6.07) is 6.59. The maximum absolute atomic E-state index is 11.6. The highest BCUT2D eigenvalue weighted by atomic mass is 35.5. The van der Waals surface area contributed by atoms with Crippen LogP contribution in [0.1, 0.15) is 29.0 Å². The molecular weight excluding hydrogens is 308 g/mol. The van der Waals surface area contributed by atoms with E-state index in [0.29, 0.717) is 18.1 Å². The average molecular weight is 323 g/mol. The van der Waals surface area contributed by atoms with E-state index < -0.39 is 0 Å². The number of furan rings is 1. The van der Waals surface area contributed by atoms with Crippen LogP contribution in [0, 0.1) is 0 Å². The van der Waals surface area contributed by atoms with Crippen LogP contribution in [0.5, 0.6) is 0 Å². The molecule has 0 unspecified atom stereocenters. The Labute approximate surface area is 132 Å². The second-order valence-corrected chi connectivity index (χ2v) is 4.87. The lowest BCUT2D eigenvalue weighted by molar-refractivity contribution is -0.145. The Hall–Kier alpha value is -2.34. The summed E-state index contributed by atoms with van der Waals surface area (Å²) < 4.78 is 10.0. The van der Waals surface area contributed by atoms with E-state index in [-0.39, 0.29) is 30.7 Å². The lowest BCUT2D eigenvalue weighted by Gasteiger charge is -2.05. The van der Waals surface area contributed by atoms with Gasteiger partial charge in [-0.05, 0) is 24.6 Å². The van der Waals surface area contributed by atoms with Gasteiger partial charge < -0.3 is 14.5 Å². The van der Waals surface area contributed by atoms with Crippen LogP contribution in [-0.4, -0.2) is 23.4 Å². The Morgan fingerprint density at radius 3 is 2.86 bits per heavy atom. The summed E-state index contributed by atoms with van der Waals surface area (Å²) in [5.74, 6) is -0.384. The van der Waals surface area contributed by atoms with E-state index in [4.69, 9.17) is 20.8 Å². The molecule has 0 atom stereocenters. The number of esters is 1. The molecule has 2 aromatic rings. The number of hydrogen-bond donors (Lipinski definition) is 1. The fourth-order valence-corrected chi connectivity index (χ4v) is 1.77. The van der Waals surface area contributed by atoms with Crippen molar-refractivity contribution in [3.63, 3.8) is 0 Å². The molecule has 0 saturated carbocycles. The first kappa shape index (κ1) is 16.0. The first-order valence-corrected chi connectivity index (χ1v) is 7.10. The number of pyridine rings is 1. The van der Waals surface area contributed by atoms with Crippen LogP contribution in [0.15, 0.2) is 41.1 Å². The van der Waals surface area contributed by atoms with Crippen molar-refractivity contribution in [2.24, 2.45) is 0 Å². The Balaban J connectivity index is 1.59. The molecule has 0 bridgehead atoms. The molecule has 116 valence electrons. The van der Waals surface area contributed by atoms with Gasteiger partial charge in [-0.3, -0.25) is 9.59 Å². The van der Waals surface area contributed by atoms with Gasteiger partial charge in [-0.2, -0.15) is 0 Å². The van der Waals surface area contributed by atoms with E-state index in [1.54, 1.807) is 30.5 Å². The Morgan fingerprint density at radius 1 is 1.32 bits per heavy atom. The van der Waals surface area contributed by atoms with E-state index >= 15 is 0 Å². The average Bonchev–Trinajstić information content (AvgIpc) is 3.05. The van der Waals surface area contributed by atoms with Crippen molar-refractivity contribution in [2.75, 3.05) is 6.54 Å². The molecule has 2 rings (SSSR count). The summed E-state index contributed by atoms with van der Waals surface area (Å²) in [5.41, 5.74) is 0.767. The maximum atomic E-state index is 11.6. The number of rotatable bonds is 7. The van der Waals surface area contributed by atoms with Gasteiger partial charge in [0.2, 0.25) is 0 Å². The van der Waals surface area contributed by atoms with Gasteiger partial charge in [-0.15, -0.1) is 0 Å². The normalized spacial score (nSPS) is 10.2. The number of amides is 1. The predicted molar refractivity (Wildman–Crippen MR) is 79.3 cm³/mol. The zero-order valence-electron chi connectivity index (χ0n) is 11.8. The SMILES string of the molecule is O=C(CCCNC(=O)c1ccco1)OCc1ccc(Cl)nc1. The third-order valence-electron chi connectivity index (χ3n) is 2.78. The summed E-state index contributed by atoms with van der Waals surface area (Å²) in [4.78, 5) is 27.0. The minimum Gasteiger partial charge on any atom is -0.461 e. The number of halogens is 1. The molecule has 0 fully saturated rings. The Kier molecular flexibility index (Phi) is 5.97. The molecule has 0 saturated heterocycles. The van der Waals surface area contributed by atoms with Gasteiger partial charge >= 0.3 is 5.97 Å². The van der Waals surface area contributed by atoms with Gasteiger partial charge in [0, 0.05) is 24.7 Å². The lowest BCUT2D eigenvalue weighted by atomic mass is 10.3. The highest BCUT2D eigenvalue weighted by molar-refractivity contribution is 6.29. The number of nitrogens with zero attached hydrogens (tertiary/aromatic N) is 1. The van der Waals surface area contributed by atoms with E-state index in [1.807, 2.05) is 0 Å². The smallest absolute Gasteiger partial charge is 0.306 e. The van der Waals surface area contributed by atoms with Crippen LogP contribution >= 0.6 is 11.6 Å². The number of carbonyl (C=O) groups is 2. The van der Waals surface area contributed by atoms with Crippen LogP contribution < -0.4 is 5.32 Å². The van der Waals surface area contributed by atoms with E-state index in [1.165, 1.54) is 6.26 Å². The van der Waals surface area contributed by atoms with Crippen molar-refractivity contribution < 1.29 is 18.7 Å². The monoisotopic (exact) mass is 322 g/mol. The molecule has 2 heterocycles. The molecule has 1 amide bonds. The molecule has 0 aliphatic rings. The summed E-state index contributed by atoms with van der Waals surface area (Å²) in [6.45, 7) is 0.527. The standard InChI is InChI=1S/C15H15ClN2O4/c16-13-6-5-11(9-18-13)10-22-14(19)4-1-7-17-15(20)12-3-2-8-21-12/h2-3,5-6,8-9H,1,4,7,10H2,(H,17,20). The van der Waals surface area contributed by atoms with Crippen LogP contribution in [-0.2, 0) is 16.1 Å². The number of hydrogen-bond acceptors (Lipinski definition) is 5. The molecular formula is C15H15ClN2O4. The zero-order chi connectivity index (χ0) is 15.8. The predicted octanol–water partition coefficient (Wildman–Crippen LogP) is 2.58. The van der Waals surface area contributed by atoms with Gasteiger partial charge in [0.1, 0.15) is 11.8 Å². The molecule has 0 aliphatic heterocycles. The number of nitrogens with one attached hydrogen (secondary N) is 1. The lowest BCUT2D eigenvalue weighted by Crippen LogP contribution is -2.24. The van der Waals surface area contributed by atoms with Crippen molar-refractivity contribution in [1.82, 2.24) is 10.3 Å². The van der Waals surface area contributed by atoms with Crippen molar-refractivity contribution >= 4 is 23.5 Å². The fraction of sp³-hybridized carbons (Fsp3) is 0.267. The van der Waals surface area contributed by atoms with E-state index in [0.717, 1.165) is 5.56 Å². The molecule has 2 aromatic heterocycles. The number of aromatic nitrogens is 1. The van der Waals surface area contributed by atoms with Gasteiger partial charge in [0.05, 0.1) is 6.26 Å². The third kappa shape index (κ3) is 5.21. The number of ether oxygens (including phenoxy) is 1. The molecule has 0 spiro atoms. The molecule has 22 heavy (non-hydrogen) atoms. The highest BCUT2D eigenvalue weighted by Gasteiger charge is 2.08. The van der Waals surface area contributed by atoms with E-state index in [2.05, 4.69) is 10.3 Å². The molecule has 0 radical (unpaired) electrons. The van der Waals surface area contributed by atoms with Crippen LogP contribution in [0.4, 0.5) is 0 Å². The van der Waals surface area contributed by atoms with Crippen LogP contribution in [0.3, 0.4) is 0 Å². The molecule has 0 aliphatic carbocycles. The third-order valence-corrected chi connectivity index (χ3v) is 3.00. The van der Waals surface area contributed by atoms with Crippen LogP contribution in [0.25, 0.3) is 0 Å². The van der Waals surface area contributed by atoms with Gasteiger partial charge in [-0.25, -0.2) is 4.98 Å². The summed E-state index contributed by atoms with van der Waals surface area (Å²) in [5, 5.41) is 3.05. The molecule has 6 nitrogen and oxygen atoms in total. The topological polar surface area (TPSA) is 81.4 Å². The minimum atomic E-state index is -0.331. The highest BCUT2D eigenvalue weighted by Crippen LogP contribution is 2.07. The van der Waals surface area contributed by atoms with Gasteiger partial charge in [0.15, 0.2) is 5.76 Å². The van der Waals surface area contributed by atoms with Crippen molar-refractivity contribution in [3.05, 3.63) is 53.2 Å². The largest absolute Gasteiger partial charge is 0.461 e. The molecule has 7 heteroatoms. The zero-order valence-corrected chi connectivity index (χ0v) is 12.5. The first-order valence-electron chi connectivity index (χ1n) is 6.73. The van der Waals surface area contributed by atoms with Gasteiger partial charge in [0.25, 0.3) is 5.91 Å². The quantitative estimate of drug-likeness (QED) is 0.481. The van der Waals surface area contributed by atoms with Gasteiger partial charge in [-0.1, -0.05) is 17.7 Å². The summed E-state index contributed by atoms with van der Waals surface area (Å²) in [7, 11) is 0. The second-order valence-electron chi connectivity index (χ2n) is 4.49. The molecule has 1 N–H and O–H groups in total.